The van der Waals surface area contributed by atoms with Gasteiger partial charge in [0.15, 0.2) is 0 Å². The molecule has 0 bridgehead atoms. The molecule has 0 unspecified atom stereocenters. The van der Waals surface area contributed by atoms with Gasteiger partial charge in [-0.15, -0.1) is 6.58 Å². The zero-order valence-electron chi connectivity index (χ0n) is 7.90. The van der Waals surface area contributed by atoms with Crippen molar-refractivity contribution in [3.8, 4) is 0 Å². The Hall–Kier alpha value is -1.56. The van der Waals surface area contributed by atoms with Gasteiger partial charge in [0.2, 0.25) is 0 Å². The molecule has 0 atom stereocenters. The van der Waals surface area contributed by atoms with E-state index < -0.39 is 0 Å². The predicted octanol–water partition coefficient (Wildman–Crippen LogP) is 4.03. The highest BCUT2D eigenvalue weighted by molar-refractivity contribution is 5.81. The fourth-order valence-electron chi connectivity index (χ4n) is 1.13. The van der Waals surface area contributed by atoms with Crippen LogP contribution in [0.15, 0.2) is 61.2 Å². The Bertz CT molecular complexity index is 309. The average molecular weight is 170 g/mol. The molecule has 13 heavy (non-hydrogen) atoms. The largest absolute Gasteiger partial charge is 0.103 e. The van der Waals surface area contributed by atoms with Gasteiger partial charge >= 0.3 is 0 Å². The van der Waals surface area contributed by atoms with Crippen LogP contribution in [0.25, 0.3) is 10.8 Å². The van der Waals surface area contributed by atoms with Crippen LogP contribution in [0.3, 0.4) is 0 Å². The van der Waals surface area contributed by atoms with E-state index in [0.717, 1.165) is 0 Å². The van der Waals surface area contributed by atoms with Gasteiger partial charge in [-0.25, -0.2) is 0 Å². The molecule has 0 heteroatoms. The summed E-state index contributed by atoms with van der Waals surface area (Å²) in [6, 6.07) is 16.7. The molecule has 2 aromatic rings. The van der Waals surface area contributed by atoms with Crippen molar-refractivity contribution in [3.63, 3.8) is 0 Å². The van der Waals surface area contributed by atoms with E-state index in [9.17, 15) is 0 Å². The molecule has 0 fully saturated rings. The van der Waals surface area contributed by atoms with Crippen molar-refractivity contribution in [2.45, 2.75) is 6.92 Å². The van der Waals surface area contributed by atoms with Gasteiger partial charge in [0.05, 0.1) is 0 Å². The summed E-state index contributed by atoms with van der Waals surface area (Å²) in [4.78, 5) is 0. The number of benzene rings is 2. The van der Waals surface area contributed by atoms with Gasteiger partial charge in [-0.2, -0.15) is 0 Å². The van der Waals surface area contributed by atoms with Crippen molar-refractivity contribution in [2.24, 2.45) is 0 Å². The maximum absolute atomic E-state index is 3.36. The van der Waals surface area contributed by atoms with Gasteiger partial charge < -0.3 is 0 Å². The summed E-state index contributed by atoms with van der Waals surface area (Å²) in [6.45, 7) is 5.25. The van der Waals surface area contributed by atoms with E-state index >= 15 is 0 Å². The summed E-state index contributed by atoms with van der Waals surface area (Å²) in [7, 11) is 0. The van der Waals surface area contributed by atoms with Crippen molar-refractivity contribution in [3.05, 3.63) is 61.2 Å². The average Bonchev–Trinajstić information content (AvgIpc) is 2.19. The van der Waals surface area contributed by atoms with Crippen LogP contribution in [-0.4, -0.2) is 0 Å². The summed E-state index contributed by atoms with van der Waals surface area (Å²) in [5.74, 6) is 0. The third kappa shape index (κ3) is 2.75. The highest BCUT2D eigenvalue weighted by atomic mass is 13.9. The van der Waals surface area contributed by atoms with Crippen molar-refractivity contribution < 1.29 is 0 Å². The Kier molecular flexibility index (Phi) is 3.77. The summed E-state index contributed by atoms with van der Waals surface area (Å²) >= 11 is 0. The van der Waals surface area contributed by atoms with E-state index in [2.05, 4.69) is 55.1 Å². The van der Waals surface area contributed by atoms with Crippen LogP contribution in [0.1, 0.15) is 6.92 Å². The Labute approximate surface area is 79.5 Å². The summed E-state index contributed by atoms with van der Waals surface area (Å²) in [6.07, 6.45) is 1.75. The molecule has 0 spiro atoms. The Morgan fingerprint density at radius 1 is 0.846 bits per heavy atom. The Morgan fingerprint density at radius 2 is 1.08 bits per heavy atom. The quantitative estimate of drug-likeness (QED) is 0.523. The Balaban J connectivity index is 0.000000251. The second kappa shape index (κ2) is 5.15. The number of allylic oxidation sites excluding steroid dienone is 1. The number of rotatable bonds is 0. The standard InChI is InChI=1S/C10H8.C3H6/c1-2-6-10-8-4-3-7-9(10)5-1;1-3-2/h1-8H;3H,1H2,2H3. The first kappa shape index (κ1) is 9.53. The highest BCUT2D eigenvalue weighted by Crippen LogP contribution is 2.11. The lowest BCUT2D eigenvalue weighted by atomic mass is 10.1. The van der Waals surface area contributed by atoms with E-state index in [1.165, 1.54) is 10.8 Å². The second-order valence-corrected chi connectivity index (χ2v) is 2.76. The van der Waals surface area contributed by atoms with Crippen LogP contribution in [-0.2, 0) is 0 Å². The third-order valence-electron chi connectivity index (χ3n) is 1.66. The minimum Gasteiger partial charge on any atom is -0.103 e. The lowest BCUT2D eigenvalue weighted by Crippen LogP contribution is -1.67. The lowest BCUT2D eigenvalue weighted by Gasteiger charge is -1.92. The van der Waals surface area contributed by atoms with Crippen molar-refractivity contribution in [2.75, 3.05) is 0 Å². The summed E-state index contributed by atoms with van der Waals surface area (Å²) in [5, 5.41) is 2.62. The molecule has 66 valence electrons. The maximum Gasteiger partial charge on any atom is -0.0184 e. The highest BCUT2D eigenvalue weighted by Gasteiger charge is 1.85. The molecule has 0 aliphatic carbocycles. The van der Waals surface area contributed by atoms with Crippen LogP contribution in [0.2, 0.25) is 0 Å². The summed E-state index contributed by atoms with van der Waals surface area (Å²) in [5.41, 5.74) is 0. The fraction of sp³-hybridized carbons (Fsp3) is 0.0769. The van der Waals surface area contributed by atoms with Crippen molar-refractivity contribution >= 4 is 10.8 Å². The maximum atomic E-state index is 3.36. The smallest absolute Gasteiger partial charge is 0.0184 e. The second-order valence-electron chi connectivity index (χ2n) is 2.76. The fourth-order valence-corrected chi connectivity index (χ4v) is 1.13. The zero-order chi connectivity index (χ0) is 9.52. The van der Waals surface area contributed by atoms with E-state index in [1.807, 2.05) is 6.92 Å². The molecule has 0 saturated carbocycles. The van der Waals surface area contributed by atoms with E-state index in [0.29, 0.717) is 0 Å². The Morgan fingerprint density at radius 3 is 1.31 bits per heavy atom. The molecule has 0 amide bonds. The van der Waals surface area contributed by atoms with Crippen LogP contribution in [0.4, 0.5) is 0 Å². The topological polar surface area (TPSA) is 0 Å². The van der Waals surface area contributed by atoms with Crippen molar-refractivity contribution in [1.82, 2.24) is 0 Å². The molecule has 2 rings (SSSR count). The molecule has 0 N–H and O–H groups in total. The third-order valence-corrected chi connectivity index (χ3v) is 1.66. The predicted molar refractivity (Wildman–Crippen MR) is 59.8 cm³/mol. The first-order chi connectivity index (χ1) is 6.38. The molecule has 0 radical (unpaired) electrons. The molecule has 0 aliphatic rings. The monoisotopic (exact) mass is 170 g/mol. The van der Waals surface area contributed by atoms with Gasteiger partial charge in [0, 0.05) is 0 Å². The van der Waals surface area contributed by atoms with E-state index in [4.69, 9.17) is 0 Å². The number of hydrogen-bond acceptors (Lipinski definition) is 0. The molecule has 0 heterocycles. The van der Waals surface area contributed by atoms with Crippen molar-refractivity contribution in [1.29, 1.82) is 0 Å². The van der Waals surface area contributed by atoms with Crippen LogP contribution in [0, 0.1) is 0 Å². The van der Waals surface area contributed by atoms with Gasteiger partial charge in [0.25, 0.3) is 0 Å². The van der Waals surface area contributed by atoms with Gasteiger partial charge in [-0.05, 0) is 17.7 Å². The van der Waals surface area contributed by atoms with E-state index in [1.54, 1.807) is 6.08 Å². The normalized spacial score (nSPS) is 8.69. The first-order valence-electron chi connectivity index (χ1n) is 4.39. The molecule has 0 nitrogen and oxygen atoms in total. The molecule has 0 aromatic heterocycles. The van der Waals surface area contributed by atoms with E-state index in [-0.39, 0.29) is 0 Å². The minimum atomic E-state index is 1.31. The number of hydrogen-bond donors (Lipinski definition) is 0. The number of fused-ring (bicyclic) bond motifs is 1. The minimum absolute atomic E-state index is 1.31. The van der Waals surface area contributed by atoms with Gasteiger partial charge in [-0.3, -0.25) is 0 Å². The molecule has 0 aliphatic heterocycles. The first-order valence-corrected chi connectivity index (χ1v) is 4.39. The SMILES string of the molecule is C=CC.c1ccc2ccccc2c1. The lowest BCUT2D eigenvalue weighted by molar-refractivity contribution is 1.75. The molecule has 0 saturated heterocycles. The van der Waals surface area contributed by atoms with Crippen LogP contribution < -0.4 is 0 Å². The van der Waals surface area contributed by atoms with Crippen LogP contribution >= 0.6 is 0 Å². The summed E-state index contributed by atoms with van der Waals surface area (Å²) < 4.78 is 0. The molecule has 2 aromatic carbocycles. The van der Waals surface area contributed by atoms with Crippen LogP contribution in [0.5, 0.6) is 0 Å². The van der Waals surface area contributed by atoms with Gasteiger partial charge in [-0.1, -0.05) is 54.6 Å². The molecular formula is C13H14. The zero-order valence-corrected chi connectivity index (χ0v) is 7.90. The molecular weight excluding hydrogens is 156 g/mol. The van der Waals surface area contributed by atoms with Gasteiger partial charge in [0.1, 0.15) is 0 Å².